The summed E-state index contributed by atoms with van der Waals surface area (Å²) in [5.74, 6) is 0.0635. The fourth-order valence-electron chi connectivity index (χ4n) is 2.43. The number of hydrogen-bond acceptors (Lipinski definition) is 4. The lowest BCUT2D eigenvalue weighted by Gasteiger charge is -2.23. The molecule has 5 nitrogen and oxygen atoms in total. The average Bonchev–Trinajstić information content (AvgIpc) is 2.29. The van der Waals surface area contributed by atoms with Crippen molar-refractivity contribution in [3.05, 3.63) is 17.7 Å². The maximum absolute atomic E-state index is 11.3. The largest absolute Gasteiger partial charge is 0.397 e. The zero-order valence-corrected chi connectivity index (χ0v) is 11.8. The van der Waals surface area contributed by atoms with Crippen molar-refractivity contribution in [1.29, 1.82) is 0 Å². The molecule has 0 aliphatic carbocycles. The van der Waals surface area contributed by atoms with Crippen molar-refractivity contribution in [3.63, 3.8) is 0 Å². The highest BCUT2D eigenvalue weighted by Crippen LogP contribution is 2.31. The van der Waals surface area contributed by atoms with Gasteiger partial charge in [0.15, 0.2) is 0 Å². The highest BCUT2D eigenvalue weighted by molar-refractivity contribution is 5.95. The molecule has 1 atom stereocenters. The lowest BCUT2D eigenvalue weighted by atomic mass is 10.0. The first kappa shape index (κ1) is 13.7. The summed E-state index contributed by atoms with van der Waals surface area (Å²) in [5.41, 5.74) is 9.66. The Labute approximate surface area is 114 Å². The second kappa shape index (κ2) is 5.48. The molecular weight excluding hydrogens is 240 g/mol. The number of rotatable bonds is 4. The van der Waals surface area contributed by atoms with E-state index >= 15 is 0 Å². The van der Waals surface area contributed by atoms with Gasteiger partial charge in [-0.3, -0.25) is 4.79 Å². The van der Waals surface area contributed by atoms with Crippen LogP contribution in [0.3, 0.4) is 0 Å². The van der Waals surface area contributed by atoms with Gasteiger partial charge in [0.05, 0.1) is 11.4 Å². The van der Waals surface area contributed by atoms with Crippen molar-refractivity contribution in [3.8, 4) is 0 Å². The van der Waals surface area contributed by atoms with Crippen LogP contribution < -0.4 is 16.4 Å². The maximum atomic E-state index is 11.3. The maximum Gasteiger partial charge on any atom is 0.224 e. The number of anilines is 3. The molecular formula is C14H22N4O. The lowest BCUT2D eigenvalue weighted by molar-refractivity contribution is -0.116. The van der Waals surface area contributed by atoms with Crippen molar-refractivity contribution < 1.29 is 4.79 Å². The lowest BCUT2D eigenvalue weighted by Crippen LogP contribution is -2.30. The van der Waals surface area contributed by atoms with Crippen molar-refractivity contribution in [2.75, 3.05) is 37.0 Å². The van der Waals surface area contributed by atoms with Crippen molar-refractivity contribution in [2.24, 2.45) is 0 Å². The van der Waals surface area contributed by atoms with Crippen LogP contribution in [0.25, 0.3) is 0 Å². The van der Waals surface area contributed by atoms with Gasteiger partial charge in [-0.2, -0.15) is 0 Å². The topological polar surface area (TPSA) is 70.4 Å². The number of likely N-dealkylation sites (N-methyl/N-ethyl adjacent to an activating group) is 1. The predicted octanol–water partition coefficient (Wildman–Crippen LogP) is 1.52. The molecule has 0 spiro atoms. The zero-order chi connectivity index (χ0) is 14.0. The Bertz CT molecular complexity index is 485. The van der Waals surface area contributed by atoms with Crippen LogP contribution in [0.5, 0.6) is 0 Å². The van der Waals surface area contributed by atoms with E-state index in [1.54, 1.807) is 0 Å². The first-order valence-electron chi connectivity index (χ1n) is 6.59. The number of nitrogens with two attached hydrogens (primary N) is 1. The minimum Gasteiger partial charge on any atom is -0.397 e. The van der Waals surface area contributed by atoms with E-state index in [4.69, 9.17) is 5.73 Å². The molecule has 0 bridgehead atoms. The molecule has 5 heteroatoms. The van der Waals surface area contributed by atoms with E-state index in [1.807, 2.05) is 20.2 Å². The van der Waals surface area contributed by atoms with Crippen molar-refractivity contribution >= 4 is 23.0 Å². The Hall–Kier alpha value is -1.75. The number of nitrogens with one attached hydrogen (secondary N) is 2. The Morgan fingerprint density at radius 1 is 1.42 bits per heavy atom. The van der Waals surface area contributed by atoms with E-state index in [-0.39, 0.29) is 5.91 Å². The Morgan fingerprint density at radius 3 is 2.84 bits per heavy atom. The summed E-state index contributed by atoms with van der Waals surface area (Å²) in [4.78, 5) is 13.5. The van der Waals surface area contributed by atoms with Gasteiger partial charge in [0.2, 0.25) is 5.91 Å². The van der Waals surface area contributed by atoms with E-state index in [0.29, 0.717) is 18.2 Å². The first-order valence-corrected chi connectivity index (χ1v) is 6.59. The van der Waals surface area contributed by atoms with Crippen molar-refractivity contribution in [1.82, 2.24) is 4.90 Å². The minimum absolute atomic E-state index is 0.0635. The summed E-state index contributed by atoms with van der Waals surface area (Å²) in [6.07, 6.45) is 1.32. The molecule has 1 aromatic carbocycles. The molecule has 19 heavy (non-hydrogen) atoms. The number of aryl methyl sites for hydroxylation is 1. The number of carbonyl (C=O) groups is 1. The van der Waals surface area contributed by atoms with Crippen LogP contribution in [-0.4, -0.2) is 37.5 Å². The van der Waals surface area contributed by atoms with Gasteiger partial charge in [0, 0.05) is 24.7 Å². The molecule has 1 aromatic rings. The van der Waals surface area contributed by atoms with Gasteiger partial charge in [0.1, 0.15) is 0 Å². The third-order valence-electron chi connectivity index (χ3n) is 3.21. The van der Waals surface area contributed by atoms with Crippen LogP contribution in [0, 0.1) is 0 Å². The monoisotopic (exact) mass is 262 g/mol. The van der Waals surface area contributed by atoms with Crippen LogP contribution in [0.4, 0.5) is 17.1 Å². The van der Waals surface area contributed by atoms with Gasteiger partial charge in [0.25, 0.3) is 0 Å². The average molecular weight is 262 g/mol. The number of fused-ring (bicyclic) bond motifs is 1. The molecule has 2 rings (SSSR count). The van der Waals surface area contributed by atoms with E-state index in [2.05, 4.69) is 28.5 Å². The summed E-state index contributed by atoms with van der Waals surface area (Å²) in [6.45, 7) is 3.06. The molecule has 1 amide bonds. The summed E-state index contributed by atoms with van der Waals surface area (Å²) in [5, 5.41) is 6.28. The first-order chi connectivity index (χ1) is 8.95. The molecule has 1 aliphatic rings. The summed E-state index contributed by atoms with van der Waals surface area (Å²) >= 11 is 0. The summed E-state index contributed by atoms with van der Waals surface area (Å²) in [7, 11) is 4.09. The third-order valence-corrected chi connectivity index (χ3v) is 3.21. The predicted molar refractivity (Wildman–Crippen MR) is 79.4 cm³/mol. The normalized spacial score (nSPS) is 15.9. The van der Waals surface area contributed by atoms with Gasteiger partial charge in [-0.15, -0.1) is 0 Å². The van der Waals surface area contributed by atoms with Crippen LogP contribution in [-0.2, 0) is 11.2 Å². The van der Waals surface area contributed by atoms with Crippen molar-refractivity contribution in [2.45, 2.75) is 25.8 Å². The molecule has 104 valence electrons. The third kappa shape index (κ3) is 3.38. The quantitative estimate of drug-likeness (QED) is 0.719. The molecule has 0 saturated heterocycles. The van der Waals surface area contributed by atoms with Crippen LogP contribution in [0.2, 0.25) is 0 Å². The van der Waals surface area contributed by atoms with Crippen LogP contribution in [0.15, 0.2) is 12.1 Å². The highest BCUT2D eigenvalue weighted by atomic mass is 16.1. The van der Waals surface area contributed by atoms with E-state index in [9.17, 15) is 4.79 Å². The molecule has 0 saturated carbocycles. The molecule has 4 N–H and O–H groups in total. The Kier molecular flexibility index (Phi) is 3.95. The fraction of sp³-hybridized carbons (Fsp3) is 0.500. The summed E-state index contributed by atoms with van der Waals surface area (Å²) in [6, 6.07) is 4.21. The number of carbonyl (C=O) groups excluding carboxylic acids is 1. The Morgan fingerprint density at radius 2 is 2.16 bits per heavy atom. The van der Waals surface area contributed by atoms with Gasteiger partial charge in [-0.25, -0.2) is 0 Å². The van der Waals surface area contributed by atoms with Gasteiger partial charge in [-0.1, -0.05) is 0 Å². The second-order valence-electron chi connectivity index (χ2n) is 5.45. The standard InChI is InChI=1S/C14H22N4O/c1-9(8-18(2)3)16-13-6-10-4-5-14(19)17-12(10)7-11(13)15/h6-7,9,16H,4-5,8,15H2,1-3H3,(H,17,19). The summed E-state index contributed by atoms with van der Waals surface area (Å²) < 4.78 is 0. The smallest absolute Gasteiger partial charge is 0.224 e. The van der Waals surface area contributed by atoms with E-state index < -0.39 is 0 Å². The van der Waals surface area contributed by atoms with Crippen LogP contribution >= 0.6 is 0 Å². The second-order valence-corrected chi connectivity index (χ2v) is 5.45. The Balaban J connectivity index is 2.16. The number of hydrogen-bond donors (Lipinski definition) is 3. The van der Waals surface area contributed by atoms with E-state index in [0.717, 1.165) is 29.9 Å². The van der Waals surface area contributed by atoms with Gasteiger partial charge < -0.3 is 21.3 Å². The van der Waals surface area contributed by atoms with Gasteiger partial charge >= 0.3 is 0 Å². The minimum atomic E-state index is 0.0635. The molecule has 0 fully saturated rings. The van der Waals surface area contributed by atoms with E-state index in [1.165, 1.54) is 0 Å². The molecule has 0 aromatic heterocycles. The molecule has 1 aliphatic heterocycles. The van der Waals surface area contributed by atoms with Gasteiger partial charge in [-0.05, 0) is 45.1 Å². The molecule has 1 heterocycles. The highest BCUT2D eigenvalue weighted by Gasteiger charge is 2.17. The number of nitrogens with zero attached hydrogens (tertiary/aromatic N) is 1. The molecule has 0 radical (unpaired) electrons. The van der Waals surface area contributed by atoms with Crippen LogP contribution in [0.1, 0.15) is 18.9 Å². The molecule has 1 unspecified atom stereocenters. The fourth-order valence-corrected chi connectivity index (χ4v) is 2.43. The number of nitrogen functional groups attached to an aromatic ring is 1. The number of benzene rings is 1. The SMILES string of the molecule is CC(CN(C)C)Nc1cc2c(cc1N)NC(=O)CC2. The number of amides is 1. The zero-order valence-electron chi connectivity index (χ0n) is 11.8.